The third kappa shape index (κ3) is 4.85. The number of amides is 2. The number of ether oxygens (including phenoxy) is 2. The molecule has 0 saturated carbocycles. The topological polar surface area (TPSA) is 71.1 Å². The maximum absolute atomic E-state index is 13.1. The summed E-state index contributed by atoms with van der Waals surface area (Å²) in [6.07, 6.45) is 0.174. The van der Waals surface area contributed by atoms with Gasteiger partial charge in [-0.05, 0) is 37.3 Å². The van der Waals surface area contributed by atoms with E-state index in [1.54, 1.807) is 4.90 Å². The number of carbonyl (C=O) groups excluding carboxylic acids is 2. The molecular weight excluding hydrogens is 462 g/mol. The average molecular weight is 488 g/mol. The van der Waals surface area contributed by atoms with Crippen molar-refractivity contribution in [2.75, 3.05) is 54.6 Å². The number of carbonyl (C=O) groups is 2. The fourth-order valence-electron chi connectivity index (χ4n) is 4.00. The fraction of sp³-hybridized carbons (Fsp3) is 0.391. The van der Waals surface area contributed by atoms with E-state index in [4.69, 9.17) is 9.47 Å². The maximum atomic E-state index is 13.1. The third-order valence-corrected chi connectivity index (χ3v) is 6.01. The number of para-hydroxylation sites is 2. The van der Waals surface area contributed by atoms with Gasteiger partial charge in [0, 0.05) is 30.5 Å². The summed E-state index contributed by atoms with van der Waals surface area (Å²) < 4.78 is 12.0. The van der Waals surface area contributed by atoms with Crippen molar-refractivity contribution in [2.24, 2.45) is 5.92 Å². The molecule has 8 heteroatoms. The van der Waals surface area contributed by atoms with Gasteiger partial charge in [0.1, 0.15) is 5.75 Å². The Morgan fingerprint density at radius 2 is 1.97 bits per heavy atom. The highest BCUT2D eigenvalue weighted by Crippen LogP contribution is 2.35. The standard InChI is InChI=1S/C23H26BrN3O4/c1-2-31-21-6-4-3-5-20(21)27-15-16(13-22(27)28)23(29)25-18-14-17(24)7-8-19(18)26-9-11-30-12-10-26/h3-8,14,16H,2,9-13,15H2,1H3,(H,25,29). The quantitative estimate of drug-likeness (QED) is 0.672. The molecule has 2 aromatic rings. The van der Waals surface area contributed by atoms with E-state index in [0.29, 0.717) is 37.8 Å². The van der Waals surface area contributed by atoms with Crippen LogP contribution in [0.3, 0.4) is 0 Å². The van der Waals surface area contributed by atoms with Crippen LogP contribution in [0.1, 0.15) is 13.3 Å². The lowest BCUT2D eigenvalue weighted by molar-refractivity contribution is -0.122. The van der Waals surface area contributed by atoms with Gasteiger partial charge in [0.05, 0.1) is 42.8 Å². The summed E-state index contributed by atoms with van der Waals surface area (Å²) >= 11 is 3.50. The van der Waals surface area contributed by atoms with Crippen LogP contribution in [0.4, 0.5) is 17.1 Å². The molecule has 1 N–H and O–H groups in total. The molecule has 2 fully saturated rings. The van der Waals surface area contributed by atoms with Crippen LogP contribution in [-0.2, 0) is 14.3 Å². The van der Waals surface area contributed by atoms with Gasteiger partial charge in [-0.1, -0.05) is 28.1 Å². The summed E-state index contributed by atoms with van der Waals surface area (Å²) in [5.41, 5.74) is 2.41. The Kier molecular flexibility index (Phi) is 6.77. The second-order valence-corrected chi connectivity index (χ2v) is 8.47. The molecule has 2 aliphatic heterocycles. The summed E-state index contributed by atoms with van der Waals surface area (Å²) in [4.78, 5) is 29.7. The minimum Gasteiger partial charge on any atom is -0.492 e. The van der Waals surface area contributed by atoms with E-state index in [9.17, 15) is 9.59 Å². The molecule has 7 nitrogen and oxygen atoms in total. The van der Waals surface area contributed by atoms with Crippen LogP contribution in [-0.4, -0.2) is 51.3 Å². The minimum absolute atomic E-state index is 0.0741. The molecule has 1 unspecified atom stereocenters. The van der Waals surface area contributed by atoms with E-state index in [-0.39, 0.29) is 18.2 Å². The zero-order chi connectivity index (χ0) is 21.8. The lowest BCUT2D eigenvalue weighted by atomic mass is 10.1. The highest BCUT2D eigenvalue weighted by atomic mass is 79.9. The molecule has 2 aromatic carbocycles. The van der Waals surface area contributed by atoms with Crippen molar-refractivity contribution in [3.05, 3.63) is 46.9 Å². The fourth-order valence-corrected chi connectivity index (χ4v) is 4.36. The van der Waals surface area contributed by atoms with E-state index < -0.39 is 5.92 Å². The first kappa shape index (κ1) is 21.6. The molecule has 1 atom stereocenters. The molecule has 164 valence electrons. The van der Waals surface area contributed by atoms with Crippen LogP contribution in [0.25, 0.3) is 0 Å². The number of anilines is 3. The van der Waals surface area contributed by atoms with E-state index >= 15 is 0 Å². The summed E-state index contributed by atoms with van der Waals surface area (Å²) in [6, 6.07) is 13.3. The van der Waals surface area contributed by atoms with Crippen molar-refractivity contribution < 1.29 is 19.1 Å². The zero-order valence-electron chi connectivity index (χ0n) is 17.5. The Hall–Kier alpha value is -2.58. The van der Waals surface area contributed by atoms with Crippen molar-refractivity contribution in [1.29, 1.82) is 0 Å². The van der Waals surface area contributed by atoms with Gasteiger partial charge in [0.25, 0.3) is 0 Å². The van der Waals surface area contributed by atoms with Crippen LogP contribution in [0.5, 0.6) is 5.75 Å². The average Bonchev–Trinajstić information content (AvgIpc) is 3.17. The third-order valence-electron chi connectivity index (χ3n) is 5.52. The molecule has 2 aliphatic rings. The second kappa shape index (κ2) is 9.70. The number of nitrogens with one attached hydrogen (secondary N) is 1. The normalized spacial score (nSPS) is 18.9. The SMILES string of the molecule is CCOc1ccccc1N1CC(C(=O)Nc2cc(Br)ccc2N2CCOCC2)CC1=O. The van der Waals surface area contributed by atoms with Gasteiger partial charge in [0.2, 0.25) is 11.8 Å². The van der Waals surface area contributed by atoms with Crippen molar-refractivity contribution in [3.63, 3.8) is 0 Å². The molecule has 0 bridgehead atoms. The van der Waals surface area contributed by atoms with E-state index in [2.05, 4.69) is 26.1 Å². The number of rotatable bonds is 6. The van der Waals surface area contributed by atoms with Gasteiger partial charge in [-0.25, -0.2) is 0 Å². The smallest absolute Gasteiger partial charge is 0.229 e. The molecule has 0 spiro atoms. The van der Waals surface area contributed by atoms with Gasteiger partial charge < -0.3 is 24.6 Å². The predicted octanol–water partition coefficient (Wildman–Crippen LogP) is 3.68. The summed E-state index contributed by atoms with van der Waals surface area (Å²) in [5.74, 6) is -0.00740. The molecule has 2 saturated heterocycles. The number of hydrogen-bond acceptors (Lipinski definition) is 5. The predicted molar refractivity (Wildman–Crippen MR) is 124 cm³/mol. The van der Waals surface area contributed by atoms with Crippen LogP contribution in [0, 0.1) is 5.92 Å². The van der Waals surface area contributed by atoms with Crippen molar-refractivity contribution in [2.45, 2.75) is 13.3 Å². The molecule has 4 rings (SSSR count). The van der Waals surface area contributed by atoms with Crippen molar-refractivity contribution >= 4 is 44.8 Å². The monoisotopic (exact) mass is 487 g/mol. The highest BCUT2D eigenvalue weighted by Gasteiger charge is 2.36. The highest BCUT2D eigenvalue weighted by molar-refractivity contribution is 9.10. The zero-order valence-corrected chi connectivity index (χ0v) is 19.1. The molecule has 31 heavy (non-hydrogen) atoms. The molecular formula is C23H26BrN3O4. The van der Waals surface area contributed by atoms with Crippen LogP contribution in [0.15, 0.2) is 46.9 Å². The van der Waals surface area contributed by atoms with E-state index in [0.717, 1.165) is 28.9 Å². The molecule has 0 radical (unpaired) electrons. The minimum atomic E-state index is -0.432. The molecule has 0 aromatic heterocycles. The lowest BCUT2D eigenvalue weighted by Crippen LogP contribution is -2.37. The Bertz CT molecular complexity index is 962. The van der Waals surface area contributed by atoms with E-state index in [1.165, 1.54) is 0 Å². The summed E-state index contributed by atoms with van der Waals surface area (Å²) in [5, 5.41) is 3.06. The van der Waals surface area contributed by atoms with Crippen LogP contribution >= 0.6 is 15.9 Å². The Morgan fingerprint density at radius 3 is 2.74 bits per heavy atom. The van der Waals surface area contributed by atoms with Gasteiger partial charge >= 0.3 is 0 Å². The number of morpholine rings is 1. The van der Waals surface area contributed by atoms with Crippen LogP contribution in [0.2, 0.25) is 0 Å². The summed E-state index contributed by atoms with van der Waals surface area (Å²) in [7, 11) is 0. The van der Waals surface area contributed by atoms with Crippen molar-refractivity contribution in [3.8, 4) is 5.75 Å². The van der Waals surface area contributed by atoms with Gasteiger partial charge in [0.15, 0.2) is 0 Å². The second-order valence-electron chi connectivity index (χ2n) is 7.56. The maximum Gasteiger partial charge on any atom is 0.229 e. The Morgan fingerprint density at radius 1 is 1.19 bits per heavy atom. The molecule has 0 aliphatic carbocycles. The summed E-state index contributed by atoms with van der Waals surface area (Å²) in [6.45, 7) is 5.61. The number of hydrogen-bond donors (Lipinski definition) is 1. The van der Waals surface area contributed by atoms with Gasteiger partial charge in [-0.2, -0.15) is 0 Å². The van der Waals surface area contributed by atoms with Gasteiger partial charge in [-0.15, -0.1) is 0 Å². The number of benzene rings is 2. The first-order valence-electron chi connectivity index (χ1n) is 10.5. The Balaban J connectivity index is 1.50. The number of halogens is 1. The first-order valence-corrected chi connectivity index (χ1v) is 11.3. The molecule has 2 amide bonds. The van der Waals surface area contributed by atoms with Gasteiger partial charge in [-0.3, -0.25) is 9.59 Å². The first-order chi connectivity index (χ1) is 15.1. The lowest BCUT2D eigenvalue weighted by Gasteiger charge is -2.30. The Labute approximate surface area is 190 Å². The van der Waals surface area contributed by atoms with Crippen LogP contribution < -0.4 is 19.9 Å². The number of nitrogens with zero attached hydrogens (tertiary/aromatic N) is 2. The largest absolute Gasteiger partial charge is 0.492 e. The van der Waals surface area contributed by atoms with E-state index in [1.807, 2.05) is 49.4 Å². The van der Waals surface area contributed by atoms with Crippen molar-refractivity contribution in [1.82, 2.24) is 0 Å². The molecule has 2 heterocycles.